The quantitative estimate of drug-likeness (QED) is 0.634. The number of hydrogen-bond acceptors (Lipinski definition) is 2. The SMILES string of the molecule is Cc1c(O)cnc2c1CCCC2. The van der Waals surface area contributed by atoms with Crippen molar-refractivity contribution in [1.82, 2.24) is 4.98 Å². The zero-order valence-electron chi connectivity index (χ0n) is 7.30. The molecule has 64 valence electrons. The maximum atomic E-state index is 9.41. The fourth-order valence-electron chi connectivity index (χ4n) is 1.83. The van der Waals surface area contributed by atoms with Gasteiger partial charge >= 0.3 is 0 Å². The summed E-state index contributed by atoms with van der Waals surface area (Å²) >= 11 is 0. The molecule has 1 aromatic heterocycles. The minimum absolute atomic E-state index is 0.343. The summed E-state index contributed by atoms with van der Waals surface area (Å²) in [6.45, 7) is 1.97. The Bertz CT molecular complexity index is 307. The van der Waals surface area contributed by atoms with Crippen LogP contribution < -0.4 is 0 Å². The van der Waals surface area contributed by atoms with Crippen molar-refractivity contribution in [3.63, 3.8) is 0 Å². The largest absolute Gasteiger partial charge is 0.506 e. The zero-order valence-corrected chi connectivity index (χ0v) is 7.30. The molecule has 2 heteroatoms. The maximum absolute atomic E-state index is 9.41. The minimum atomic E-state index is 0.343. The Balaban J connectivity index is 2.54. The average Bonchev–Trinajstić information content (AvgIpc) is 2.12. The predicted molar refractivity (Wildman–Crippen MR) is 47.3 cm³/mol. The monoisotopic (exact) mass is 163 g/mol. The van der Waals surface area contributed by atoms with E-state index in [9.17, 15) is 5.11 Å². The lowest BCUT2D eigenvalue weighted by Gasteiger charge is -2.16. The summed E-state index contributed by atoms with van der Waals surface area (Å²) in [5.41, 5.74) is 3.50. The molecule has 0 aliphatic heterocycles. The first-order chi connectivity index (χ1) is 5.79. The van der Waals surface area contributed by atoms with Crippen molar-refractivity contribution in [2.75, 3.05) is 0 Å². The zero-order chi connectivity index (χ0) is 8.55. The third kappa shape index (κ3) is 1.07. The molecule has 0 unspecified atom stereocenters. The van der Waals surface area contributed by atoms with E-state index in [2.05, 4.69) is 4.98 Å². The Labute approximate surface area is 72.3 Å². The lowest BCUT2D eigenvalue weighted by atomic mass is 9.92. The first-order valence-corrected chi connectivity index (χ1v) is 4.45. The Morgan fingerprint density at radius 2 is 2.08 bits per heavy atom. The molecule has 0 fully saturated rings. The number of aromatic nitrogens is 1. The van der Waals surface area contributed by atoms with Crippen LogP contribution in [0, 0.1) is 6.92 Å². The van der Waals surface area contributed by atoms with Crippen LogP contribution in [-0.2, 0) is 12.8 Å². The van der Waals surface area contributed by atoms with Crippen LogP contribution in [0.25, 0.3) is 0 Å². The summed E-state index contributed by atoms with van der Waals surface area (Å²) in [6.07, 6.45) is 6.21. The van der Waals surface area contributed by atoms with Crippen molar-refractivity contribution in [1.29, 1.82) is 0 Å². The molecular formula is C10H13NO. The van der Waals surface area contributed by atoms with Crippen LogP contribution in [0.3, 0.4) is 0 Å². The summed E-state index contributed by atoms with van der Waals surface area (Å²) in [7, 11) is 0. The van der Waals surface area contributed by atoms with Crippen LogP contribution >= 0.6 is 0 Å². The molecule has 0 atom stereocenters. The molecule has 0 aromatic carbocycles. The highest BCUT2D eigenvalue weighted by molar-refractivity contribution is 5.39. The Kier molecular flexibility index (Phi) is 1.75. The third-order valence-corrected chi connectivity index (χ3v) is 2.62. The molecule has 2 rings (SSSR count). The second kappa shape index (κ2) is 2.77. The van der Waals surface area contributed by atoms with E-state index >= 15 is 0 Å². The standard InChI is InChI=1S/C10H13NO/c1-7-8-4-2-3-5-9(8)11-6-10(7)12/h6,12H,2-5H2,1H3. The topological polar surface area (TPSA) is 33.1 Å². The van der Waals surface area contributed by atoms with E-state index in [-0.39, 0.29) is 0 Å². The third-order valence-electron chi connectivity index (χ3n) is 2.62. The molecule has 0 saturated heterocycles. The number of fused-ring (bicyclic) bond motifs is 1. The van der Waals surface area contributed by atoms with E-state index in [1.807, 2.05) is 6.92 Å². The fraction of sp³-hybridized carbons (Fsp3) is 0.500. The van der Waals surface area contributed by atoms with E-state index in [0.29, 0.717) is 5.75 Å². The van der Waals surface area contributed by atoms with Gasteiger partial charge in [0.25, 0.3) is 0 Å². The number of rotatable bonds is 0. The van der Waals surface area contributed by atoms with E-state index in [1.54, 1.807) is 6.20 Å². The van der Waals surface area contributed by atoms with Crippen molar-refractivity contribution < 1.29 is 5.11 Å². The predicted octanol–water partition coefficient (Wildman–Crippen LogP) is 1.97. The molecule has 0 radical (unpaired) electrons. The van der Waals surface area contributed by atoms with Crippen LogP contribution in [0.2, 0.25) is 0 Å². The number of pyridine rings is 1. The maximum Gasteiger partial charge on any atom is 0.137 e. The van der Waals surface area contributed by atoms with Gasteiger partial charge < -0.3 is 5.11 Å². The average molecular weight is 163 g/mol. The Hall–Kier alpha value is -1.05. The van der Waals surface area contributed by atoms with Gasteiger partial charge in [-0.3, -0.25) is 4.98 Å². The van der Waals surface area contributed by atoms with Gasteiger partial charge in [0, 0.05) is 5.69 Å². The van der Waals surface area contributed by atoms with Crippen LogP contribution in [0.15, 0.2) is 6.20 Å². The first-order valence-electron chi connectivity index (χ1n) is 4.45. The number of hydrogen-bond donors (Lipinski definition) is 1. The lowest BCUT2D eigenvalue weighted by Crippen LogP contribution is -2.06. The van der Waals surface area contributed by atoms with Crippen molar-refractivity contribution in [2.45, 2.75) is 32.6 Å². The highest BCUT2D eigenvalue weighted by atomic mass is 16.3. The molecule has 0 spiro atoms. The molecule has 12 heavy (non-hydrogen) atoms. The normalized spacial score (nSPS) is 15.8. The van der Waals surface area contributed by atoms with Gasteiger partial charge in [0.2, 0.25) is 0 Å². The van der Waals surface area contributed by atoms with Gasteiger partial charge in [-0.05, 0) is 43.7 Å². The van der Waals surface area contributed by atoms with Crippen molar-refractivity contribution >= 4 is 0 Å². The van der Waals surface area contributed by atoms with Crippen LogP contribution in [0.5, 0.6) is 5.75 Å². The molecule has 1 N–H and O–H groups in total. The van der Waals surface area contributed by atoms with Gasteiger partial charge in [0.1, 0.15) is 5.75 Å². The molecule has 1 aliphatic rings. The molecular weight excluding hydrogens is 150 g/mol. The Morgan fingerprint density at radius 3 is 2.92 bits per heavy atom. The van der Waals surface area contributed by atoms with E-state index < -0.39 is 0 Å². The van der Waals surface area contributed by atoms with Crippen molar-refractivity contribution in [2.24, 2.45) is 0 Å². The van der Waals surface area contributed by atoms with E-state index in [1.165, 1.54) is 24.1 Å². The van der Waals surface area contributed by atoms with Gasteiger partial charge in [-0.2, -0.15) is 0 Å². The molecule has 0 amide bonds. The second-order valence-corrected chi connectivity index (χ2v) is 3.40. The van der Waals surface area contributed by atoms with Gasteiger partial charge in [-0.25, -0.2) is 0 Å². The number of nitrogens with zero attached hydrogens (tertiary/aromatic N) is 1. The fourth-order valence-corrected chi connectivity index (χ4v) is 1.83. The van der Waals surface area contributed by atoms with E-state index in [4.69, 9.17) is 0 Å². The smallest absolute Gasteiger partial charge is 0.137 e. The lowest BCUT2D eigenvalue weighted by molar-refractivity contribution is 0.464. The van der Waals surface area contributed by atoms with Crippen LogP contribution in [0.1, 0.15) is 29.7 Å². The highest BCUT2D eigenvalue weighted by Gasteiger charge is 2.14. The molecule has 1 heterocycles. The summed E-state index contributed by atoms with van der Waals surface area (Å²) in [5, 5.41) is 9.41. The molecule has 0 saturated carbocycles. The summed E-state index contributed by atoms with van der Waals surface area (Å²) < 4.78 is 0. The molecule has 0 bridgehead atoms. The van der Waals surface area contributed by atoms with Crippen LogP contribution in [-0.4, -0.2) is 10.1 Å². The minimum Gasteiger partial charge on any atom is -0.506 e. The van der Waals surface area contributed by atoms with Gasteiger partial charge in [-0.1, -0.05) is 0 Å². The summed E-state index contributed by atoms with van der Waals surface area (Å²) in [6, 6.07) is 0. The second-order valence-electron chi connectivity index (χ2n) is 3.40. The molecule has 2 nitrogen and oxygen atoms in total. The van der Waals surface area contributed by atoms with Gasteiger partial charge in [0.05, 0.1) is 6.20 Å². The number of aryl methyl sites for hydroxylation is 1. The number of aromatic hydroxyl groups is 1. The first kappa shape index (κ1) is 7.59. The molecule has 1 aliphatic carbocycles. The van der Waals surface area contributed by atoms with Crippen molar-refractivity contribution in [3.8, 4) is 5.75 Å². The highest BCUT2D eigenvalue weighted by Crippen LogP contribution is 2.27. The van der Waals surface area contributed by atoms with Gasteiger partial charge in [-0.15, -0.1) is 0 Å². The summed E-state index contributed by atoms with van der Waals surface area (Å²) in [5.74, 6) is 0.343. The van der Waals surface area contributed by atoms with Crippen LogP contribution in [0.4, 0.5) is 0 Å². The Morgan fingerprint density at radius 1 is 1.33 bits per heavy atom. The van der Waals surface area contributed by atoms with E-state index in [0.717, 1.165) is 18.4 Å². The molecule has 1 aromatic rings. The summed E-state index contributed by atoms with van der Waals surface area (Å²) in [4.78, 5) is 4.23. The van der Waals surface area contributed by atoms with Crippen molar-refractivity contribution in [3.05, 3.63) is 23.0 Å². The van der Waals surface area contributed by atoms with Gasteiger partial charge in [0.15, 0.2) is 0 Å².